The molecule has 2 N–H and O–H groups in total. The van der Waals surface area contributed by atoms with Crippen molar-refractivity contribution < 1.29 is 9.90 Å². The number of amides is 1. The van der Waals surface area contributed by atoms with Crippen LogP contribution in [0.25, 0.3) is 5.65 Å². The normalized spacial score (nSPS) is 12.4. The maximum Gasteiger partial charge on any atom is 0.256 e. The third-order valence-corrected chi connectivity index (χ3v) is 4.38. The highest BCUT2D eigenvalue weighted by atomic mass is 32.1. The fraction of sp³-hybridized carbons (Fsp3) is 0.312. The zero-order valence-corrected chi connectivity index (χ0v) is 13.6. The fourth-order valence-electron chi connectivity index (χ4n) is 2.40. The molecule has 0 aliphatic heterocycles. The molecule has 1 amide bonds. The van der Waals surface area contributed by atoms with Crippen LogP contribution in [-0.4, -0.2) is 38.8 Å². The number of nitrogens with one attached hydrogen (secondary N) is 1. The summed E-state index contributed by atoms with van der Waals surface area (Å²) in [6.45, 7) is 2.36. The van der Waals surface area contributed by atoms with Crippen molar-refractivity contribution in [3.8, 4) is 0 Å². The molecule has 0 aliphatic rings. The van der Waals surface area contributed by atoms with Crippen molar-refractivity contribution in [2.45, 2.75) is 13.3 Å². The van der Waals surface area contributed by atoms with Crippen LogP contribution in [0.2, 0.25) is 0 Å². The lowest BCUT2D eigenvalue weighted by atomic mass is 10.0. The first-order valence-corrected chi connectivity index (χ1v) is 8.31. The lowest BCUT2D eigenvalue weighted by molar-refractivity contribution is 0.0941. The van der Waals surface area contributed by atoms with Gasteiger partial charge < -0.3 is 10.4 Å². The summed E-state index contributed by atoms with van der Waals surface area (Å²) in [6.07, 6.45) is 5.80. The van der Waals surface area contributed by atoms with Crippen LogP contribution in [0.1, 0.15) is 21.5 Å². The number of carbonyl (C=O) groups excluding carboxylic acids is 1. The van der Waals surface area contributed by atoms with E-state index in [1.54, 1.807) is 22.0 Å². The van der Waals surface area contributed by atoms with Gasteiger partial charge in [-0.15, -0.1) is 0 Å². The van der Waals surface area contributed by atoms with Gasteiger partial charge in [0.05, 0.1) is 6.20 Å². The van der Waals surface area contributed by atoms with Gasteiger partial charge in [-0.1, -0.05) is 0 Å². The van der Waals surface area contributed by atoms with E-state index in [9.17, 15) is 9.90 Å². The van der Waals surface area contributed by atoms with Gasteiger partial charge in [0.2, 0.25) is 0 Å². The molecule has 3 aromatic rings. The van der Waals surface area contributed by atoms with Crippen LogP contribution in [0.3, 0.4) is 0 Å². The first-order chi connectivity index (χ1) is 11.2. The zero-order chi connectivity index (χ0) is 16.2. The Morgan fingerprint density at radius 3 is 3.09 bits per heavy atom. The molecule has 3 heterocycles. The van der Waals surface area contributed by atoms with E-state index in [0.717, 1.165) is 12.0 Å². The number of hydrogen-bond donors (Lipinski definition) is 2. The van der Waals surface area contributed by atoms with Gasteiger partial charge >= 0.3 is 0 Å². The summed E-state index contributed by atoms with van der Waals surface area (Å²) >= 11 is 1.63. The molecule has 0 saturated heterocycles. The molecule has 0 aromatic carbocycles. The van der Waals surface area contributed by atoms with Gasteiger partial charge in [0.1, 0.15) is 5.56 Å². The number of aryl methyl sites for hydroxylation is 1. The largest absolute Gasteiger partial charge is 0.396 e. The summed E-state index contributed by atoms with van der Waals surface area (Å²) in [5.74, 6) is -0.231. The fourth-order valence-corrected chi connectivity index (χ4v) is 3.09. The van der Waals surface area contributed by atoms with Gasteiger partial charge in [0, 0.05) is 31.5 Å². The third kappa shape index (κ3) is 3.57. The van der Waals surface area contributed by atoms with Crippen molar-refractivity contribution in [1.82, 2.24) is 19.9 Å². The Kier molecular flexibility index (Phi) is 4.68. The Morgan fingerprint density at radius 1 is 1.48 bits per heavy atom. The number of carbonyl (C=O) groups is 1. The number of aliphatic hydroxyl groups excluding tert-OH is 1. The van der Waals surface area contributed by atoms with Crippen LogP contribution < -0.4 is 5.32 Å². The van der Waals surface area contributed by atoms with Crippen molar-refractivity contribution in [3.05, 3.63) is 52.1 Å². The Labute approximate surface area is 137 Å². The topological polar surface area (TPSA) is 79.5 Å². The Bertz CT molecular complexity index is 798. The van der Waals surface area contributed by atoms with Crippen molar-refractivity contribution in [1.29, 1.82) is 0 Å². The second-order valence-electron chi connectivity index (χ2n) is 5.55. The molecule has 120 valence electrons. The summed E-state index contributed by atoms with van der Waals surface area (Å²) < 4.78 is 1.60. The molecular formula is C16H18N4O2S. The highest BCUT2D eigenvalue weighted by Gasteiger charge is 2.16. The van der Waals surface area contributed by atoms with Crippen molar-refractivity contribution in [2.75, 3.05) is 13.2 Å². The number of fused-ring (bicyclic) bond motifs is 1. The summed E-state index contributed by atoms with van der Waals surface area (Å²) in [7, 11) is 0. The molecule has 0 bridgehead atoms. The Balaban J connectivity index is 1.65. The average molecular weight is 330 g/mol. The highest BCUT2D eigenvalue weighted by Crippen LogP contribution is 2.13. The van der Waals surface area contributed by atoms with Crippen LogP contribution in [0, 0.1) is 12.8 Å². The van der Waals surface area contributed by atoms with Gasteiger partial charge in [0.25, 0.3) is 5.91 Å². The van der Waals surface area contributed by atoms with Gasteiger partial charge in [0.15, 0.2) is 5.65 Å². The number of nitrogens with zero attached hydrogens (tertiary/aromatic N) is 3. The first-order valence-electron chi connectivity index (χ1n) is 7.37. The second-order valence-corrected chi connectivity index (χ2v) is 6.33. The zero-order valence-electron chi connectivity index (χ0n) is 12.8. The van der Waals surface area contributed by atoms with Crippen LogP contribution >= 0.6 is 11.3 Å². The Hall–Kier alpha value is -2.25. The highest BCUT2D eigenvalue weighted by molar-refractivity contribution is 7.07. The molecule has 7 heteroatoms. The van der Waals surface area contributed by atoms with Crippen LogP contribution in [-0.2, 0) is 6.42 Å². The number of aromatic nitrogens is 3. The predicted octanol–water partition coefficient (Wildman–Crippen LogP) is 1.68. The minimum absolute atomic E-state index is 0.00871. The molecule has 0 spiro atoms. The lowest BCUT2D eigenvalue weighted by Gasteiger charge is -2.14. The molecule has 0 unspecified atom stereocenters. The van der Waals surface area contributed by atoms with E-state index in [4.69, 9.17) is 0 Å². The average Bonchev–Trinajstić information content (AvgIpc) is 3.19. The second kappa shape index (κ2) is 6.89. The van der Waals surface area contributed by atoms with E-state index in [2.05, 4.69) is 20.8 Å². The van der Waals surface area contributed by atoms with E-state index in [0.29, 0.717) is 17.8 Å². The lowest BCUT2D eigenvalue weighted by Crippen LogP contribution is -2.31. The van der Waals surface area contributed by atoms with E-state index in [1.165, 1.54) is 11.8 Å². The number of aliphatic hydroxyl groups is 1. The first kappa shape index (κ1) is 15.6. The molecule has 3 rings (SSSR count). The molecule has 0 aliphatic carbocycles. The van der Waals surface area contributed by atoms with Gasteiger partial charge in [-0.25, -0.2) is 9.50 Å². The maximum atomic E-state index is 12.3. The molecule has 0 radical (unpaired) electrons. The van der Waals surface area contributed by atoms with Crippen molar-refractivity contribution in [2.24, 2.45) is 5.92 Å². The van der Waals surface area contributed by atoms with Gasteiger partial charge in [-0.2, -0.15) is 16.4 Å². The van der Waals surface area contributed by atoms with Crippen LogP contribution in [0.5, 0.6) is 0 Å². The quantitative estimate of drug-likeness (QED) is 0.721. The molecule has 23 heavy (non-hydrogen) atoms. The maximum absolute atomic E-state index is 12.3. The molecule has 3 aromatic heterocycles. The van der Waals surface area contributed by atoms with E-state index in [-0.39, 0.29) is 18.4 Å². The van der Waals surface area contributed by atoms with Crippen LogP contribution in [0.15, 0.2) is 35.4 Å². The summed E-state index contributed by atoms with van der Waals surface area (Å²) in [5, 5.41) is 20.6. The smallest absolute Gasteiger partial charge is 0.256 e. The molecule has 0 fully saturated rings. The molecule has 0 saturated carbocycles. The van der Waals surface area contributed by atoms with Crippen LogP contribution in [0.4, 0.5) is 0 Å². The molecule has 6 nitrogen and oxygen atoms in total. The molecule has 1 atom stereocenters. The summed E-state index contributed by atoms with van der Waals surface area (Å²) in [6, 6.07) is 2.03. The van der Waals surface area contributed by atoms with Gasteiger partial charge in [-0.3, -0.25) is 4.79 Å². The van der Waals surface area contributed by atoms with Gasteiger partial charge in [-0.05, 0) is 41.3 Å². The monoisotopic (exact) mass is 330 g/mol. The number of rotatable bonds is 6. The SMILES string of the molecule is Cc1cnc2c(C(=O)NC[C@@H](CO)Cc3ccsc3)cnn2c1. The van der Waals surface area contributed by atoms with E-state index >= 15 is 0 Å². The standard InChI is InChI=1S/C16H18N4O2S/c1-11-5-17-15-14(7-19-20(15)8-11)16(22)18-6-13(9-21)4-12-2-3-23-10-12/h2-3,5,7-8,10,13,21H,4,6,9H2,1H3,(H,18,22)/t13-/m0/s1. The number of thiophene rings is 1. The third-order valence-electron chi connectivity index (χ3n) is 3.64. The van der Waals surface area contributed by atoms with E-state index < -0.39 is 0 Å². The number of hydrogen-bond acceptors (Lipinski definition) is 5. The predicted molar refractivity (Wildman–Crippen MR) is 88.7 cm³/mol. The Morgan fingerprint density at radius 2 is 2.35 bits per heavy atom. The van der Waals surface area contributed by atoms with E-state index in [1.807, 2.05) is 24.6 Å². The summed E-state index contributed by atoms with van der Waals surface area (Å²) in [4.78, 5) is 16.6. The minimum atomic E-state index is -0.222. The molecular weight excluding hydrogens is 312 g/mol. The summed E-state index contributed by atoms with van der Waals surface area (Å²) in [5.41, 5.74) is 3.13. The van der Waals surface area contributed by atoms with Crippen molar-refractivity contribution in [3.63, 3.8) is 0 Å². The van der Waals surface area contributed by atoms with Crippen molar-refractivity contribution >= 4 is 22.9 Å². The minimum Gasteiger partial charge on any atom is -0.396 e.